The molecule has 0 saturated carbocycles. The van der Waals surface area contributed by atoms with Gasteiger partial charge in [-0.25, -0.2) is 4.99 Å². The summed E-state index contributed by atoms with van der Waals surface area (Å²) in [6, 6.07) is 10.8. The Bertz CT molecular complexity index is 1300. The number of nitrogens with one attached hydrogen (secondary N) is 1. The van der Waals surface area contributed by atoms with Gasteiger partial charge in [0, 0.05) is 49.2 Å². The van der Waals surface area contributed by atoms with Gasteiger partial charge in [-0.2, -0.15) is 0 Å². The molecule has 2 aliphatic rings. The van der Waals surface area contributed by atoms with Crippen molar-refractivity contribution in [2.24, 2.45) is 4.99 Å². The number of benzene rings is 1. The number of carbonyl (C=O) groups excluding carboxylic acids is 2. The van der Waals surface area contributed by atoms with Crippen LogP contribution in [-0.2, 0) is 16.0 Å². The standard InChI is InChI=1S/C29H35N5O4S/c1-6-33(7-2)28(36)26-19(3)32-29-34(27(26)23-17-22(37-4)11-12-24(23)38-5)21(18-39-29)16-25(35)31-15-13-20-10-8-9-14-30-20/h8-12,14,17-18,27H,6-7,13,15-16H2,1-5H3,(H,31,35)/t27-/m0/s1. The lowest BCUT2D eigenvalue weighted by molar-refractivity contribution is -0.127. The summed E-state index contributed by atoms with van der Waals surface area (Å²) in [4.78, 5) is 39.8. The third kappa shape index (κ3) is 6.11. The number of hydrogen-bond donors (Lipinski definition) is 1. The first-order chi connectivity index (χ1) is 18.9. The van der Waals surface area contributed by atoms with Crippen molar-refractivity contribution in [3.8, 4) is 11.5 Å². The van der Waals surface area contributed by atoms with Gasteiger partial charge in [-0.05, 0) is 56.5 Å². The average molecular weight is 550 g/mol. The number of likely N-dealkylation sites (N-methyl/N-ethyl adjacent to an activating group) is 1. The Kier molecular flexibility index (Phi) is 9.29. The van der Waals surface area contributed by atoms with E-state index in [1.165, 1.54) is 11.8 Å². The average Bonchev–Trinajstić information content (AvgIpc) is 3.34. The zero-order valence-electron chi connectivity index (χ0n) is 23.1. The van der Waals surface area contributed by atoms with Crippen molar-refractivity contribution in [3.63, 3.8) is 0 Å². The van der Waals surface area contributed by atoms with Crippen LogP contribution in [0.1, 0.15) is 44.5 Å². The van der Waals surface area contributed by atoms with Crippen molar-refractivity contribution in [1.29, 1.82) is 0 Å². The fraction of sp³-hybridized carbons (Fsp3) is 0.379. The second-order valence-electron chi connectivity index (χ2n) is 9.08. The van der Waals surface area contributed by atoms with Gasteiger partial charge in [0.15, 0.2) is 5.17 Å². The van der Waals surface area contributed by atoms with Crippen LogP contribution in [0.4, 0.5) is 0 Å². The summed E-state index contributed by atoms with van der Waals surface area (Å²) in [6.07, 6.45) is 2.53. The van der Waals surface area contributed by atoms with Crippen molar-refractivity contribution < 1.29 is 19.1 Å². The summed E-state index contributed by atoms with van der Waals surface area (Å²) in [5.41, 5.74) is 3.65. The molecule has 9 nitrogen and oxygen atoms in total. The number of amides is 2. The largest absolute Gasteiger partial charge is 0.497 e. The lowest BCUT2D eigenvalue weighted by Crippen LogP contribution is -2.42. The van der Waals surface area contributed by atoms with Gasteiger partial charge in [-0.1, -0.05) is 17.8 Å². The van der Waals surface area contributed by atoms with E-state index in [1.54, 1.807) is 25.3 Å². The van der Waals surface area contributed by atoms with Crippen LogP contribution in [-0.4, -0.2) is 65.6 Å². The topological polar surface area (TPSA) is 96.4 Å². The van der Waals surface area contributed by atoms with Gasteiger partial charge in [-0.15, -0.1) is 0 Å². The number of rotatable bonds is 11. The molecule has 2 aliphatic heterocycles. The number of nitrogens with zero attached hydrogens (tertiary/aromatic N) is 4. The van der Waals surface area contributed by atoms with E-state index in [4.69, 9.17) is 14.5 Å². The Labute approximate surface area is 234 Å². The number of hydrogen-bond acceptors (Lipinski definition) is 8. The molecule has 10 heteroatoms. The molecule has 1 aromatic carbocycles. The van der Waals surface area contributed by atoms with Crippen LogP contribution in [0.3, 0.4) is 0 Å². The SMILES string of the molecule is CCN(CC)C(=O)C1=C(C)N=C2SC=C(CC(=O)NCCc3ccccn3)N2[C@H]1c1cc(OC)ccc1OC. The number of ether oxygens (including phenoxy) is 2. The molecular formula is C29H35N5O4S. The molecule has 39 heavy (non-hydrogen) atoms. The predicted octanol–water partition coefficient (Wildman–Crippen LogP) is 4.29. The smallest absolute Gasteiger partial charge is 0.254 e. The zero-order valence-corrected chi connectivity index (χ0v) is 23.9. The zero-order chi connectivity index (χ0) is 27.9. The summed E-state index contributed by atoms with van der Waals surface area (Å²) >= 11 is 1.45. The summed E-state index contributed by atoms with van der Waals surface area (Å²) in [5, 5.41) is 5.66. The molecule has 1 aromatic heterocycles. The Morgan fingerprint density at radius 1 is 1.13 bits per heavy atom. The molecule has 1 atom stereocenters. The van der Waals surface area contributed by atoms with Crippen LogP contribution in [0, 0.1) is 0 Å². The predicted molar refractivity (Wildman–Crippen MR) is 153 cm³/mol. The maximum Gasteiger partial charge on any atom is 0.254 e. The molecule has 0 bridgehead atoms. The van der Waals surface area contributed by atoms with Crippen LogP contribution in [0.15, 0.2) is 70.0 Å². The normalized spacial score (nSPS) is 16.3. The minimum Gasteiger partial charge on any atom is -0.497 e. The number of aliphatic imine (C=N–C) groups is 1. The lowest BCUT2D eigenvalue weighted by Gasteiger charge is -2.38. The first-order valence-corrected chi connectivity index (χ1v) is 13.9. The molecule has 0 unspecified atom stereocenters. The van der Waals surface area contributed by atoms with E-state index >= 15 is 0 Å². The molecule has 0 fully saturated rings. The van der Waals surface area contributed by atoms with Crippen molar-refractivity contribution in [2.75, 3.05) is 33.9 Å². The number of aromatic nitrogens is 1. The first kappa shape index (κ1) is 28.2. The van der Waals surface area contributed by atoms with Gasteiger partial charge in [0.1, 0.15) is 11.5 Å². The molecule has 1 N–H and O–H groups in total. The van der Waals surface area contributed by atoms with Crippen LogP contribution in [0.2, 0.25) is 0 Å². The number of fused-ring (bicyclic) bond motifs is 1. The molecule has 0 saturated heterocycles. The van der Waals surface area contributed by atoms with E-state index in [-0.39, 0.29) is 18.2 Å². The maximum absolute atomic E-state index is 13.9. The maximum atomic E-state index is 13.9. The fourth-order valence-corrected chi connectivity index (χ4v) is 5.74. The van der Waals surface area contributed by atoms with Gasteiger partial charge in [0.2, 0.25) is 5.91 Å². The molecule has 0 spiro atoms. The second kappa shape index (κ2) is 12.8. The number of amidine groups is 1. The quantitative estimate of drug-likeness (QED) is 0.447. The third-order valence-corrected chi connectivity index (χ3v) is 7.67. The molecule has 3 heterocycles. The van der Waals surface area contributed by atoms with Gasteiger partial charge in [-0.3, -0.25) is 14.6 Å². The number of allylic oxidation sites excluding steroid dienone is 1. The molecule has 4 rings (SSSR count). The minimum absolute atomic E-state index is 0.0914. The number of carbonyl (C=O) groups is 2. The van der Waals surface area contributed by atoms with Crippen molar-refractivity contribution in [2.45, 2.75) is 39.7 Å². The highest BCUT2D eigenvalue weighted by Crippen LogP contribution is 2.47. The van der Waals surface area contributed by atoms with Crippen molar-refractivity contribution in [3.05, 3.63) is 76.2 Å². The van der Waals surface area contributed by atoms with Crippen molar-refractivity contribution in [1.82, 2.24) is 20.1 Å². The highest BCUT2D eigenvalue weighted by atomic mass is 32.2. The Balaban J connectivity index is 1.67. The number of thioether (sulfide) groups is 1. The van der Waals surface area contributed by atoms with Crippen LogP contribution >= 0.6 is 11.8 Å². The Hall–Kier alpha value is -3.79. The first-order valence-electron chi connectivity index (χ1n) is 13.0. The summed E-state index contributed by atoms with van der Waals surface area (Å²) in [5.74, 6) is 1.06. The molecule has 0 radical (unpaired) electrons. The van der Waals surface area contributed by atoms with Gasteiger partial charge >= 0.3 is 0 Å². The van der Waals surface area contributed by atoms with E-state index < -0.39 is 6.04 Å². The molecule has 2 aromatic rings. The molecule has 2 amide bonds. The van der Waals surface area contributed by atoms with Gasteiger partial charge in [0.05, 0.1) is 38.0 Å². The Morgan fingerprint density at radius 2 is 1.92 bits per heavy atom. The third-order valence-electron chi connectivity index (χ3n) is 6.78. The van der Waals surface area contributed by atoms with E-state index in [2.05, 4.69) is 10.3 Å². The van der Waals surface area contributed by atoms with Gasteiger partial charge in [0.25, 0.3) is 5.91 Å². The van der Waals surface area contributed by atoms with Crippen molar-refractivity contribution >= 4 is 28.7 Å². The summed E-state index contributed by atoms with van der Waals surface area (Å²) in [6.45, 7) is 7.41. The van der Waals surface area contributed by atoms with E-state index in [0.29, 0.717) is 48.8 Å². The minimum atomic E-state index is -0.543. The van der Waals surface area contributed by atoms with Crippen LogP contribution < -0.4 is 14.8 Å². The van der Waals surface area contributed by atoms with Crippen LogP contribution in [0.25, 0.3) is 0 Å². The highest BCUT2D eigenvalue weighted by molar-refractivity contribution is 8.16. The Morgan fingerprint density at radius 3 is 2.59 bits per heavy atom. The fourth-order valence-electron chi connectivity index (χ4n) is 4.77. The second-order valence-corrected chi connectivity index (χ2v) is 9.91. The van der Waals surface area contributed by atoms with Crippen LogP contribution in [0.5, 0.6) is 11.5 Å². The monoisotopic (exact) mass is 549 g/mol. The number of pyridine rings is 1. The summed E-state index contributed by atoms with van der Waals surface area (Å²) in [7, 11) is 3.21. The lowest BCUT2D eigenvalue weighted by atomic mass is 9.91. The van der Waals surface area contributed by atoms with E-state index in [9.17, 15) is 9.59 Å². The number of methoxy groups -OCH3 is 2. The molecule has 206 valence electrons. The molecule has 0 aliphatic carbocycles. The van der Waals surface area contributed by atoms with E-state index in [0.717, 1.165) is 22.1 Å². The molecular weight excluding hydrogens is 514 g/mol. The van der Waals surface area contributed by atoms with E-state index in [1.807, 2.05) is 67.5 Å². The highest BCUT2D eigenvalue weighted by Gasteiger charge is 2.42. The van der Waals surface area contributed by atoms with Gasteiger partial charge < -0.3 is 24.6 Å². The summed E-state index contributed by atoms with van der Waals surface area (Å²) < 4.78 is 11.3.